The van der Waals surface area contributed by atoms with Crippen molar-refractivity contribution < 1.29 is 27.8 Å². The number of hydrogen-bond acceptors (Lipinski definition) is 5. The molecule has 3 rings (SSSR count). The fraction of sp³-hybridized carbons (Fsp3) is 0.278. The molecule has 6 nitrogen and oxygen atoms in total. The third-order valence-corrected chi connectivity index (χ3v) is 4.57. The number of thiazole rings is 1. The number of carboxylic acid groups (broad SMARTS) is 1. The Bertz CT molecular complexity index is 982. The van der Waals surface area contributed by atoms with Crippen LogP contribution in [0.15, 0.2) is 36.0 Å². The van der Waals surface area contributed by atoms with Crippen molar-refractivity contribution in [1.82, 2.24) is 14.8 Å². The number of ether oxygens (including phenoxy) is 1. The van der Waals surface area contributed by atoms with Crippen molar-refractivity contribution in [1.29, 1.82) is 0 Å². The summed E-state index contributed by atoms with van der Waals surface area (Å²) in [4.78, 5) is 15.3. The molecule has 0 atom stereocenters. The lowest BCUT2D eigenvalue weighted by Crippen LogP contribution is -2.06. The van der Waals surface area contributed by atoms with E-state index in [2.05, 4.69) is 10.1 Å². The average Bonchev–Trinajstić information content (AvgIpc) is 3.29. The van der Waals surface area contributed by atoms with E-state index in [9.17, 15) is 18.0 Å². The summed E-state index contributed by atoms with van der Waals surface area (Å²) in [5.41, 5.74) is -0.0654. The summed E-state index contributed by atoms with van der Waals surface area (Å²) < 4.78 is 46.4. The smallest absolute Gasteiger partial charge is 0.416 e. The van der Waals surface area contributed by atoms with Gasteiger partial charge in [-0.15, -0.1) is 11.3 Å². The molecule has 0 fully saturated rings. The number of aromatic carboxylic acids is 1. The van der Waals surface area contributed by atoms with Gasteiger partial charge < -0.3 is 9.84 Å². The van der Waals surface area contributed by atoms with Gasteiger partial charge in [-0.2, -0.15) is 18.3 Å². The van der Waals surface area contributed by atoms with E-state index in [4.69, 9.17) is 9.84 Å². The minimum atomic E-state index is -4.50. The zero-order valence-electron chi connectivity index (χ0n) is 14.7. The minimum absolute atomic E-state index is 0.0485. The molecule has 0 bridgehead atoms. The van der Waals surface area contributed by atoms with Crippen molar-refractivity contribution in [2.75, 3.05) is 6.61 Å². The second-order valence-electron chi connectivity index (χ2n) is 5.95. The van der Waals surface area contributed by atoms with E-state index < -0.39 is 17.7 Å². The molecule has 0 saturated carbocycles. The van der Waals surface area contributed by atoms with Gasteiger partial charge in [0, 0.05) is 17.1 Å². The van der Waals surface area contributed by atoms with E-state index in [1.165, 1.54) is 34.5 Å². The Labute approximate surface area is 162 Å². The van der Waals surface area contributed by atoms with Crippen LogP contribution < -0.4 is 4.74 Å². The summed E-state index contributed by atoms with van der Waals surface area (Å²) in [5, 5.41) is 15.1. The number of nitrogens with zero attached hydrogens (tertiary/aromatic N) is 3. The number of aromatic nitrogens is 3. The molecule has 2 heterocycles. The van der Waals surface area contributed by atoms with Gasteiger partial charge >= 0.3 is 12.1 Å². The van der Waals surface area contributed by atoms with E-state index in [0.29, 0.717) is 29.3 Å². The highest BCUT2D eigenvalue weighted by Gasteiger charge is 2.31. The molecule has 0 spiro atoms. The molecular weight excluding hydrogens is 395 g/mol. The highest BCUT2D eigenvalue weighted by Crippen LogP contribution is 2.36. The van der Waals surface area contributed by atoms with Crippen LogP contribution in [0.5, 0.6) is 5.75 Å². The predicted octanol–water partition coefficient (Wildman–Crippen LogP) is 4.56. The molecule has 3 aromatic rings. The summed E-state index contributed by atoms with van der Waals surface area (Å²) in [6.45, 7) is 2.40. The average molecular weight is 411 g/mol. The SMILES string of the molecule is CCCOc1cc(-c2csc(Cn3cc(C(=O)O)cn3)n2)cc(C(F)(F)F)c1. The second kappa shape index (κ2) is 8.01. The van der Waals surface area contributed by atoms with Crippen LogP contribution in [0.4, 0.5) is 13.2 Å². The van der Waals surface area contributed by atoms with E-state index in [1.807, 2.05) is 6.92 Å². The van der Waals surface area contributed by atoms with Crippen LogP contribution in [0.2, 0.25) is 0 Å². The first-order valence-corrected chi connectivity index (χ1v) is 9.20. The molecule has 10 heteroatoms. The van der Waals surface area contributed by atoms with Gasteiger partial charge in [-0.3, -0.25) is 4.68 Å². The first-order chi connectivity index (χ1) is 13.3. The van der Waals surface area contributed by atoms with Gasteiger partial charge in [0.1, 0.15) is 10.8 Å². The van der Waals surface area contributed by atoms with Crippen molar-refractivity contribution in [3.05, 3.63) is 52.1 Å². The Morgan fingerprint density at radius 2 is 2.11 bits per heavy atom. The lowest BCUT2D eigenvalue weighted by molar-refractivity contribution is -0.137. The molecule has 1 aromatic carbocycles. The van der Waals surface area contributed by atoms with Crippen molar-refractivity contribution in [3.8, 4) is 17.0 Å². The quantitative estimate of drug-likeness (QED) is 0.617. The van der Waals surface area contributed by atoms with Gasteiger partial charge in [-0.05, 0) is 24.6 Å². The number of carboxylic acids is 1. The normalized spacial score (nSPS) is 11.6. The lowest BCUT2D eigenvalue weighted by Gasteiger charge is -2.12. The fourth-order valence-electron chi connectivity index (χ4n) is 2.43. The van der Waals surface area contributed by atoms with Gasteiger partial charge in [-0.1, -0.05) is 6.92 Å². The zero-order chi connectivity index (χ0) is 20.3. The topological polar surface area (TPSA) is 77.2 Å². The standard InChI is InChI=1S/C18H16F3N3O3S/c1-2-3-27-14-5-11(4-13(6-14)18(19,20)21)15-10-28-16(23-15)9-24-8-12(7-22-24)17(25)26/h4-8,10H,2-3,9H2,1H3,(H,25,26). The molecule has 0 saturated heterocycles. The van der Waals surface area contributed by atoms with Gasteiger partial charge in [0.2, 0.25) is 0 Å². The Kier molecular flexibility index (Phi) is 5.68. The maximum atomic E-state index is 13.2. The van der Waals surface area contributed by atoms with Crippen LogP contribution in [0.3, 0.4) is 0 Å². The van der Waals surface area contributed by atoms with Crippen LogP contribution in [0, 0.1) is 0 Å². The number of hydrogen-bond donors (Lipinski definition) is 1. The van der Waals surface area contributed by atoms with E-state index in [-0.39, 0.29) is 17.9 Å². The zero-order valence-corrected chi connectivity index (χ0v) is 15.5. The van der Waals surface area contributed by atoms with E-state index in [1.54, 1.807) is 5.38 Å². The molecule has 0 radical (unpaired) electrons. The summed E-state index contributed by atoms with van der Waals surface area (Å²) in [6.07, 6.45) is -1.23. The maximum absolute atomic E-state index is 13.2. The van der Waals surface area contributed by atoms with Gasteiger partial charge in [0.25, 0.3) is 0 Å². The molecule has 0 aliphatic rings. The Morgan fingerprint density at radius 3 is 2.75 bits per heavy atom. The molecule has 148 valence electrons. The molecule has 28 heavy (non-hydrogen) atoms. The largest absolute Gasteiger partial charge is 0.494 e. The molecule has 1 N–H and O–H groups in total. The highest BCUT2D eigenvalue weighted by molar-refractivity contribution is 7.09. The number of rotatable bonds is 7. The van der Waals surface area contributed by atoms with Crippen LogP contribution in [0.1, 0.15) is 34.3 Å². The lowest BCUT2D eigenvalue weighted by atomic mass is 10.1. The molecule has 0 aliphatic carbocycles. The summed E-state index contributed by atoms with van der Waals surface area (Å²) in [7, 11) is 0. The third kappa shape index (κ3) is 4.69. The van der Waals surface area contributed by atoms with Crippen LogP contribution in [0.25, 0.3) is 11.3 Å². The first kappa shape index (κ1) is 19.9. The number of benzene rings is 1. The number of halogens is 3. The summed E-state index contributed by atoms with van der Waals surface area (Å²) in [5.74, 6) is -0.950. The fourth-order valence-corrected chi connectivity index (χ4v) is 3.22. The van der Waals surface area contributed by atoms with Gasteiger partial charge in [-0.25, -0.2) is 9.78 Å². The van der Waals surface area contributed by atoms with E-state index in [0.717, 1.165) is 12.1 Å². The molecule has 2 aromatic heterocycles. The molecule has 0 unspecified atom stereocenters. The molecular formula is C18H16F3N3O3S. The Hall–Kier alpha value is -2.88. The minimum Gasteiger partial charge on any atom is -0.494 e. The Morgan fingerprint density at radius 1 is 1.32 bits per heavy atom. The Balaban J connectivity index is 1.87. The van der Waals surface area contributed by atoms with Gasteiger partial charge in [0.05, 0.1) is 36.2 Å². The molecule has 0 amide bonds. The van der Waals surface area contributed by atoms with Crippen molar-refractivity contribution in [2.45, 2.75) is 26.1 Å². The molecule has 0 aliphatic heterocycles. The first-order valence-electron chi connectivity index (χ1n) is 8.32. The van der Waals surface area contributed by atoms with Crippen molar-refractivity contribution in [2.24, 2.45) is 0 Å². The van der Waals surface area contributed by atoms with E-state index >= 15 is 0 Å². The maximum Gasteiger partial charge on any atom is 0.416 e. The summed E-state index contributed by atoms with van der Waals surface area (Å²) in [6, 6.07) is 3.54. The van der Waals surface area contributed by atoms with Crippen LogP contribution >= 0.6 is 11.3 Å². The summed E-state index contributed by atoms with van der Waals surface area (Å²) >= 11 is 1.25. The van der Waals surface area contributed by atoms with Crippen LogP contribution in [-0.4, -0.2) is 32.4 Å². The second-order valence-corrected chi connectivity index (χ2v) is 6.89. The van der Waals surface area contributed by atoms with Gasteiger partial charge in [0.15, 0.2) is 0 Å². The number of carbonyl (C=O) groups is 1. The number of alkyl halides is 3. The predicted molar refractivity (Wildman–Crippen MR) is 96.6 cm³/mol. The van der Waals surface area contributed by atoms with Crippen molar-refractivity contribution in [3.63, 3.8) is 0 Å². The van der Waals surface area contributed by atoms with Crippen molar-refractivity contribution >= 4 is 17.3 Å². The van der Waals surface area contributed by atoms with Crippen LogP contribution in [-0.2, 0) is 12.7 Å². The highest BCUT2D eigenvalue weighted by atomic mass is 32.1. The third-order valence-electron chi connectivity index (χ3n) is 3.73. The monoisotopic (exact) mass is 411 g/mol.